The van der Waals surface area contributed by atoms with Crippen LogP contribution in [0.3, 0.4) is 0 Å². The summed E-state index contributed by atoms with van der Waals surface area (Å²) >= 11 is 0. The number of anilines is 2. The molecule has 0 aliphatic rings. The van der Waals surface area contributed by atoms with Gasteiger partial charge >= 0.3 is 0 Å². The Morgan fingerprint density at radius 3 is 2.30 bits per heavy atom. The van der Waals surface area contributed by atoms with Gasteiger partial charge in [0.2, 0.25) is 5.91 Å². The van der Waals surface area contributed by atoms with Crippen LogP contribution in [-0.2, 0) is 4.79 Å². The zero-order valence-corrected chi connectivity index (χ0v) is 17.2. The van der Waals surface area contributed by atoms with Gasteiger partial charge in [-0.05, 0) is 49.1 Å². The number of aromatic nitrogens is 1. The molecule has 0 bridgehead atoms. The minimum Gasteiger partial charge on any atom is -0.325 e. The molecule has 0 fully saturated rings. The third-order valence-corrected chi connectivity index (χ3v) is 3.76. The number of rotatable bonds is 6. The lowest BCUT2D eigenvalue weighted by molar-refractivity contribution is -0.117. The summed E-state index contributed by atoms with van der Waals surface area (Å²) in [6.45, 7) is 5.93. The molecule has 27 heavy (non-hydrogen) atoms. The van der Waals surface area contributed by atoms with Gasteiger partial charge in [0.1, 0.15) is 0 Å². The fraction of sp³-hybridized carbons (Fsp3) is 0.316. The first kappa shape index (κ1) is 24.8. The Morgan fingerprint density at radius 1 is 1.07 bits per heavy atom. The third kappa shape index (κ3) is 7.54. The fourth-order valence-electron chi connectivity index (χ4n) is 2.38. The van der Waals surface area contributed by atoms with E-state index in [9.17, 15) is 9.59 Å². The van der Waals surface area contributed by atoms with Crippen LogP contribution in [-0.4, -0.2) is 22.8 Å². The number of carbonyl (C=O) groups excluding carboxylic acids is 2. The monoisotopic (exact) mass is 412 g/mol. The van der Waals surface area contributed by atoms with Gasteiger partial charge in [-0.1, -0.05) is 19.9 Å². The van der Waals surface area contributed by atoms with Crippen molar-refractivity contribution in [1.82, 2.24) is 4.98 Å². The molecule has 6 nitrogen and oxygen atoms in total. The molecular formula is C19H26Cl2N4O2. The Bertz CT molecular complexity index is 755. The van der Waals surface area contributed by atoms with Crippen molar-refractivity contribution >= 4 is 48.0 Å². The van der Waals surface area contributed by atoms with E-state index in [0.29, 0.717) is 29.3 Å². The average molecular weight is 413 g/mol. The molecule has 0 radical (unpaired) electrons. The number of nitrogens with one attached hydrogen (secondary N) is 2. The Morgan fingerprint density at radius 2 is 1.70 bits per heavy atom. The predicted octanol–water partition coefficient (Wildman–Crippen LogP) is 3.80. The Labute approximate surface area is 172 Å². The normalized spacial score (nSPS) is 11.0. The molecule has 0 aliphatic carbocycles. The lowest BCUT2D eigenvalue weighted by Crippen LogP contribution is -2.36. The number of nitrogens with zero attached hydrogens (tertiary/aromatic N) is 1. The highest BCUT2D eigenvalue weighted by Gasteiger charge is 2.16. The number of nitrogens with two attached hydrogens (primary N) is 1. The molecule has 8 heteroatoms. The van der Waals surface area contributed by atoms with E-state index in [1.54, 1.807) is 36.7 Å². The van der Waals surface area contributed by atoms with Gasteiger partial charge in [0, 0.05) is 29.3 Å². The molecule has 0 aliphatic heterocycles. The maximum atomic E-state index is 12.3. The smallest absolute Gasteiger partial charge is 0.255 e. The molecule has 1 heterocycles. The largest absolute Gasteiger partial charge is 0.325 e. The molecule has 4 N–H and O–H groups in total. The summed E-state index contributed by atoms with van der Waals surface area (Å²) in [6.07, 6.45) is 3.74. The summed E-state index contributed by atoms with van der Waals surface area (Å²) in [4.78, 5) is 28.3. The summed E-state index contributed by atoms with van der Waals surface area (Å²) in [7, 11) is 0. The number of aryl methyl sites for hydroxylation is 1. The summed E-state index contributed by atoms with van der Waals surface area (Å²) in [6, 6.07) is 8.08. The van der Waals surface area contributed by atoms with Gasteiger partial charge in [0.25, 0.3) is 5.91 Å². The highest BCUT2D eigenvalue weighted by atomic mass is 35.5. The first-order chi connectivity index (χ1) is 11.9. The average Bonchev–Trinajstić information content (AvgIpc) is 2.58. The SMILES string of the molecule is Cc1ccc(NC(=O)[C@@H](N)CC(C)C)cc1NC(=O)c1ccncc1.Cl.Cl. The molecule has 1 aromatic heterocycles. The number of amides is 2. The molecule has 148 valence electrons. The standard InChI is InChI=1S/C19H24N4O2.2ClH/c1-12(2)10-16(20)19(25)22-15-5-4-13(3)17(11-15)23-18(24)14-6-8-21-9-7-14;;/h4-9,11-12,16H,10,20H2,1-3H3,(H,22,25)(H,23,24);2*1H/t16-;;/m0../s1. The Balaban J connectivity index is 0.00000338. The van der Waals surface area contributed by atoms with Crippen molar-refractivity contribution < 1.29 is 9.59 Å². The minimum atomic E-state index is -0.559. The van der Waals surface area contributed by atoms with Crippen LogP contribution in [0.4, 0.5) is 11.4 Å². The predicted molar refractivity (Wildman–Crippen MR) is 114 cm³/mol. The minimum absolute atomic E-state index is 0. The highest BCUT2D eigenvalue weighted by molar-refractivity contribution is 6.05. The zero-order valence-electron chi connectivity index (χ0n) is 15.6. The Hall–Kier alpha value is -2.15. The lowest BCUT2D eigenvalue weighted by Gasteiger charge is -2.15. The highest BCUT2D eigenvalue weighted by Crippen LogP contribution is 2.21. The molecule has 0 unspecified atom stereocenters. The van der Waals surface area contributed by atoms with Gasteiger partial charge in [-0.15, -0.1) is 24.8 Å². The van der Waals surface area contributed by atoms with Gasteiger partial charge in [-0.3, -0.25) is 14.6 Å². The van der Waals surface area contributed by atoms with E-state index in [4.69, 9.17) is 5.73 Å². The second-order valence-electron chi connectivity index (χ2n) is 6.45. The number of benzene rings is 1. The zero-order chi connectivity index (χ0) is 18.4. The maximum absolute atomic E-state index is 12.3. The maximum Gasteiger partial charge on any atom is 0.255 e. The van der Waals surface area contributed by atoms with Crippen LogP contribution in [0.5, 0.6) is 0 Å². The van der Waals surface area contributed by atoms with Crippen molar-refractivity contribution in [2.45, 2.75) is 33.2 Å². The molecule has 2 rings (SSSR count). The molecule has 2 aromatic rings. The number of halogens is 2. The van der Waals surface area contributed by atoms with Gasteiger partial charge in [-0.2, -0.15) is 0 Å². The second-order valence-corrected chi connectivity index (χ2v) is 6.45. The quantitative estimate of drug-likeness (QED) is 0.671. The van der Waals surface area contributed by atoms with Gasteiger partial charge < -0.3 is 16.4 Å². The van der Waals surface area contributed by atoms with Gasteiger partial charge in [-0.25, -0.2) is 0 Å². The van der Waals surface area contributed by atoms with Crippen molar-refractivity contribution in [1.29, 1.82) is 0 Å². The number of carbonyl (C=O) groups is 2. The summed E-state index contributed by atoms with van der Waals surface area (Å²) in [5, 5.41) is 5.65. The topological polar surface area (TPSA) is 97.1 Å². The van der Waals surface area contributed by atoms with Crippen LogP contribution in [0.1, 0.15) is 36.2 Å². The third-order valence-electron chi connectivity index (χ3n) is 3.76. The molecule has 0 saturated carbocycles. The molecule has 1 atom stereocenters. The van der Waals surface area contributed by atoms with Gasteiger partial charge in [0.05, 0.1) is 6.04 Å². The first-order valence-corrected chi connectivity index (χ1v) is 8.25. The molecule has 0 spiro atoms. The van der Waals surface area contributed by atoms with Crippen molar-refractivity contribution in [3.05, 3.63) is 53.9 Å². The van der Waals surface area contributed by atoms with E-state index >= 15 is 0 Å². The number of pyridine rings is 1. The summed E-state index contributed by atoms with van der Waals surface area (Å²) < 4.78 is 0. The first-order valence-electron chi connectivity index (χ1n) is 8.25. The van der Waals surface area contributed by atoms with E-state index in [2.05, 4.69) is 15.6 Å². The summed E-state index contributed by atoms with van der Waals surface area (Å²) in [5.74, 6) is -0.122. The van der Waals surface area contributed by atoms with Crippen LogP contribution in [0.25, 0.3) is 0 Å². The van der Waals surface area contributed by atoms with Crippen molar-refractivity contribution in [2.24, 2.45) is 11.7 Å². The van der Waals surface area contributed by atoms with Crippen LogP contribution in [0.15, 0.2) is 42.7 Å². The van der Waals surface area contributed by atoms with E-state index < -0.39 is 6.04 Å². The van der Waals surface area contributed by atoms with Crippen molar-refractivity contribution in [3.8, 4) is 0 Å². The molecule has 2 amide bonds. The van der Waals surface area contributed by atoms with Crippen LogP contribution >= 0.6 is 24.8 Å². The molecule has 1 aromatic carbocycles. The number of hydrogen-bond acceptors (Lipinski definition) is 4. The van der Waals surface area contributed by atoms with Crippen LogP contribution in [0, 0.1) is 12.8 Å². The Kier molecular flexibility index (Phi) is 10.6. The van der Waals surface area contributed by atoms with Crippen molar-refractivity contribution in [2.75, 3.05) is 10.6 Å². The second kappa shape index (κ2) is 11.5. The van der Waals surface area contributed by atoms with E-state index in [-0.39, 0.29) is 36.6 Å². The van der Waals surface area contributed by atoms with Crippen LogP contribution < -0.4 is 16.4 Å². The van der Waals surface area contributed by atoms with E-state index in [1.807, 2.05) is 26.8 Å². The molecule has 0 saturated heterocycles. The van der Waals surface area contributed by atoms with E-state index in [0.717, 1.165) is 5.56 Å². The molecular weight excluding hydrogens is 387 g/mol. The fourth-order valence-corrected chi connectivity index (χ4v) is 2.38. The van der Waals surface area contributed by atoms with Crippen LogP contribution in [0.2, 0.25) is 0 Å². The van der Waals surface area contributed by atoms with Gasteiger partial charge in [0.15, 0.2) is 0 Å². The lowest BCUT2D eigenvalue weighted by atomic mass is 10.0. The summed E-state index contributed by atoms with van der Waals surface area (Å²) in [5.41, 5.74) is 8.55. The van der Waals surface area contributed by atoms with Crippen molar-refractivity contribution in [3.63, 3.8) is 0 Å². The number of hydrogen-bond donors (Lipinski definition) is 3. The van der Waals surface area contributed by atoms with E-state index in [1.165, 1.54) is 0 Å².